The number of nitrogens with one attached hydrogen (secondary N) is 3. The highest BCUT2D eigenvalue weighted by Gasteiger charge is 2.73. The summed E-state index contributed by atoms with van der Waals surface area (Å²) >= 11 is 0. The lowest BCUT2D eigenvalue weighted by atomic mass is 9.82. The third-order valence-electron chi connectivity index (χ3n) is 8.72. The van der Waals surface area contributed by atoms with Crippen LogP contribution in [0.2, 0.25) is 0 Å². The van der Waals surface area contributed by atoms with Crippen LogP contribution in [0.4, 0.5) is 5.69 Å². The van der Waals surface area contributed by atoms with Crippen LogP contribution in [0.1, 0.15) is 68.4 Å². The Morgan fingerprint density at radius 3 is 2.51 bits per heavy atom. The second kappa shape index (κ2) is 9.71. The molecule has 0 bridgehead atoms. The number of hydrogen-bond donors (Lipinski definition) is 4. The number of aromatic amines is 1. The third kappa shape index (κ3) is 3.90. The average Bonchev–Trinajstić information content (AvgIpc) is 3.49. The number of benzene rings is 2. The Balaban J connectivity index is 1.50. The highest BCUT2D eigenvalue weighted by Crippen LogP contribution is 2.60. The molecule has 13 nitrogen and oxygen atoms in total. The lowest BCUT2D eigenvalue weighted by Crippen LogP contribution is -2.60. The molecular formula is C29H31N5O8S. The fraction of sp³-hybridized carbons (Fsp3) is 0.379. The van der Waals surface area contributed by atoms with Crippen molar-refractivity contribution in [3.63, 3.8) is 0 Å². The summed E-state index contributed by atoms with van der Waals surface area (Å²) in [6, 6.07) is 8.74. The van der Waals surface area contributed by atoms with E-state index >= 15 is 0 Å². The molecule has 14 heteroatoms. The van der Waals surface area contributed by atoms with Crippen molar-refractivity contribution in [1.82, 2.24) is 19.9 Å². The van der Waals surface area contributed by atoms with E-state index in [4.69, 9.17) is 4.74 Å². The Bertz CT molecular complexity index is 1830. The number of ketones is 1. The number of piperazine rings is 1. The molecule has 226 valence electrons. The van der Waals surface area contributed by atoms with Gasteiger partial charge in [0.1, 0.15) is 17.0 Å². The second-order valence-electron chi connectivity index (χ2n) is 11.4. The first-order chi connectivity index (χ1) is 20.3. The highest BCUT2D eigenvalue weighted by atomic mass is 32.2. The smallest absolute Gasteiger partial charge is 0.280 e. The summed E-state index contributed by atoms with van der Waals surface area (Å²) in [6.45, 7) is 8.53. The van der Waals surface area contributed by atoms with Gasteiger partial charge in [0, 0.05) is 43.4 Å². The van der Waals surface area contributed by atoms with Crippen LogP contribution < -0.4 is 15.4 Å². The van der Waals surface area contributed by atoms with Gasteiger partial charge in [0.25, 0.3) is 27.4 Å². The lowest BCUT2D eigenvalue weighted by molar-refractivity contribution is -0.388. The van der Waals surface area contributed by atoms with Crippen molar-refractivity contribution >= 4 is 27.4 Å². The number of aromatic nitrogens is 1. The van der Waals surface area contributed by atoms with Crippen LogP contribution >= 0.6 is 0 Å². The Morgan fingerprint density at radius 1 is 1.16 bits per heavy atom. The zero-order valence-electron chi connectivity index (χ0n) is 24.0. The van der Waals surface area contributed by atoms with Gasteiger partial charge < -0.3 is 25.5 Å². The molecule has 2 aliphatic heterocycles. The Morgan fingerprint density at radius 2 is 1.86 bits per heavy atom. The van der Waals surface area contributed by atoms with Gasteiger partial charge in [-0.05, 0) is 42.5 Å². The number of carbonyl (C=O) groups excluding carboxylic acids is 2. The van der Waals surface area contributed by atoms with E-state index in [0.29, 0.717) is 24.2 Å². The summed E-state index contributed by atoms with van der Waals surface area (Å²) in [7, 11) is -3.98. The lowest BCUT2D eigenvalue weighted by Gasteiger charge is -2.34. The van der Waals surface area contributed by atoms with E-state index in [1.807, 2.05) is 13.8 Å². The number of aliphatic hydroxyl groups is 1. The second-order valence-corrected chi connectivity index (χ2v) is 13.3. The van der Waals surface area contributed by atoms with Crippen molar-refractivity contribution in [3.05, 3.63) is 85.6 Å². The molecule has 6 rings (SSSR count). The first-order valence-electron chi connectivity index (χ1n) is 13.9. The van der Waals surface area contributed by atoms with Gasteiger partial charge in [0.05, 0.1) is 4.92 Å². The number of fused-ring (bicyclic) bond motifs is 5. The fourth-order valence-corrected chi connectivity index (χ4v) is 7.96. The van der Waals surface area contributed by atoms with E-state index in [2.05, 4.69) is 15.6 Å². The van der Waals surface area contributed by atoms with E-state index in [0.717, 1.165) is 11.6 Å². The van der Waals surface area contributed by atoms with Crippen LogP contribution in [0.3, 0.4) is 0 Å². The molecule has 1 amide bonds. The molecule has 3 heterocycles. The number of amides is 1. The largest absolute Gasteiger partial charge is 0.454 e. The zero-order chi connectivity index (χ0) is 31.1. The highest BCUT2D eigenvalue weighted by molar-refractivity contribution is 7.89. The first-order valence-corrected chi connectivity index (χ1v) is 15.3. The Labute approximate surface area is 247 Å². The number of H-pyrrole nitrogens is 1. The van der Waals surface area contributed by atoms with Gasteiger partial charge in [-0.1, -0.05) is 38.1 Å². The number of sulfonamides is 1. The quantitative estimate of drug-likeness (QED) is 0.241. The molecule has 2 aromatic carbocycles. The number of rotatable bonds is 6. The number of Topliss-reactive ketones (excluding diaryl/α,β-unsaturated/α-hetero) is 1. The number of ether oxygens (including phenoxy) is 1. The summed E-state index contributed by atoms with van der Waals surface area (Å²) in [5.74, 6) is -4.22. The number of carbonyl (C=O) groups is 2. The third-order valence-corrected chi connectivity index (χ3v) is 10.7. The number of nitrogens with zero attached hydrogens (tertiary/aromatic N) is 2. The van der Waals surface area contributed by atoms with Crippen molar-refractivity contribution in [2.45, 2.75) is 50.0 Å². The summed E-state index contributed by atoms with van der Waals surface area (Å²) in [5, 5.41) is 29.9. The van der Waals surface area contributed by atoms with Gasteiger partial charge in [-0.25, -0.2) is 8.42 Å². The number of nitro groups is 1. The SMILES string of the molecule is Cc1c(C(=O)NC23C(=O)c4cccc([N+](=O)[O-])c4C2(O)Oc2cc(C(C)C)ccc23)[nH]c(S(=O)(=O)N2CCNCC2)c1C. The zero-order valence-corrected chi connectivity index (χ0v) is 24.8. The van der Waals surface area contributed by atoms with Crippen molar-refractivity contribution in [2.75, 3.05) is 26.2 Å². The van der Waals surface area contributed by atoms with Crippen LogP contribution in [-0.4, -0.2) is 65.6 Å². The van der Waals surface area contributed by atoms with Crippen LogP contribution in [0.25, 0.3) is 0 Å². The molecule has 3 aromatic rings. The minimum Gasteiger partial charge on any atom is -0.454 e. The van der Waals surface area contributed by atoms with E-state index in [1.165, 1.54) is 16.4 Å². The van der Waals surface area contributed by atoms with Crippen molar-refractivity contribution in [3.8, 4) is 5.75 Å². The maximum atomic E-state index is 14.3. The predicted octanol–water partition coefficient (Wildman–Crippen LogP) is 2.32. The molecule has 0 spiro atoms. The van der Waals surface area contributed by atoms with Crippen LogP contribution in [0.5, 0.6) is 5.75 Å². The van der Waals surface area contributed by atoms with E-state index in [9.17, 15) is 33.2 Å². The summed E-state index contributed by atoms with van der Waals surface area (Å²) < 4.78 is 34.3. The normalized spacial score (nSPS) is 23.1. The fourth-order valence-electron chi connectivity index (χ4n) is 6.26. The molecular weight excluding hydrogens is 578 g/mol. The maximum absolute atomic E-state index is 14.3. The molecule has 0 radical (unpaired) electrons. The van der Waals surface area contributed by atoms with Gasteiger partial charge >= 0.3 is 0 Å². The van der Waals surface area contributed by atoms with Crippen molar-refractivity contribution in [1.29, 1.82) is 0 Å². The summed E-state index contributed by atoms with van der Waals surface area (Å²) in [6.07, 6.45) is 0. The van der Waals surface area contributed by atoms with E-state index in [-0.39, 0.29) is 52.2 Å². The van der Waals surface area contributed by atoms with Crippen molar-refractivity contribution < 1.29 is 32.8 Å². The van der Waals surface area contributed by atoms with E-state index in [1.54, 1.807) is 32.0 Å². The molecule has 1 fully saturated rings. The topological polar surface area (TPSA) is 184 Å². The standard InChI is InChI=1S/C29H31N5O8S/c1-15(2)18-8-9-20-22(14-18)42-29(37)23-19(6-5-7-21(23)34(38)39)25(35)28(20,29)32-26(36)24-16(3)17(4)27(31-24)43(40,41)33-12-10-30-11-13-33/h5-9,14-15,30-31,37H,10-13H2,1-4H3,(H,32,36). The minimum absolute atomic E-state index is 0.0486. The van der Waals surface area contributed by atoms with Gasteiger partial charge in [-0.3, -0.25) is 19.7 Å². The average molecular weight is 610 g/mol. The molecule has 1 saturated heterocycles. The Kier molecular flexibility index (Phi) is 6.54. The molecule has 0 saturated carbocycles. The predicted molar refractivity (Wildman–Crippen MR) is 154 cm³/mol. The van der Waals surface area contributed by atoms with Crippen LogP contribution in [0, 0.1) is 24.0 Å². The first kappa shape index (κ1) is 29.0. The van der Waals surface area contributed by atoms with Crippen LogP contribution in [-0.2, 0) is 21.3 Å². The maximum Gasteiger partial charge on any atom is 0.280 e. The monoisotopic (exact) mass is 609 g/mol. The van der Waals surface area contributed by atoms with Gasteiger partial charge in [0.15, 0.2) is 5.03 Å². The number of nitro benzene ring substituents is 1. The Hall–Kier alpha value is -4.11. The molecule has 2 unspecified atom stereocenters. The molecule has 43 heavy (non-hydrogen) atoms. The molecule has 1 aromatic heterocycles. The molecule has 1 aliphatic carbocycles. The minimum atomic E-state index is -3.98. The summed E-state index contributed by atoms with van der Waals surface area (Å²) in [5.41, 5.74) is -1.91. The summed E-state index contributed by atoms with van der Waals surface area (Å²) in [4.78, 5) is 42.4. The van der Waals surface area contributed by atoms with Gasteiger partial charge in [-0.2, -0.15) is 4.31 Å². The number of hydrogen-bond acceptors (Lipinski definition) is 9. The molecule has 2 atom stereocenters. The van der Waals surface area contributed by atoms with Crippen molar-refractivity contribution in [2.24, 2.45) is 0 Å². The van der Waals surface area contributed by atoms with Gasteiger partial charge in [-0.15, -0.1) is 0 Å². The van der Waals surface area contributed by atoms with Gasteiger partial charge in [0.2, 0.25) is 11.3 Å². The van der Waals surface area contributed by atoms with E-state index < -0.39 is 43.7 Å². The molecule has 3 aliphatic rings. The molecule has 4 N–H and O–H groups in total. The van der Waals surface area contributed by atoms with Crippen LogP contribution in [0.15, 0.2) is 41.4 Å².